The maximum absolute atomic E-state index is 10.8. The molecule has 0 saturated heterocycles. The molecule has 0 saturated carbocycles. The van der Waals surface area contributed by atoms with Crippen LogP contribution in [0.2, 0.25) is 0 Å². The summed E-state index contributed by atoms with van der Waals surface area (Å²) >= 11 is 0.993. The number of phenols is 1. The highest BCUT2D eigenvalue weighted by atomic mass is 32.1. The lowest BCUT2D eigenvalue weighted by Crippen LogP contribution is -2.01. The van der Waals surface area contributed by atoms with E-state index in [1.54, 1.807) is 5.38 Å². The smallest absolute Gasteiger partial charge is 0.324 e. The van der Waals surface area contributed by atoms with E-state index in [2.05, 4.69) is 5.32 Å². The van der Waals surface area contributed by atoms with Crippen LogP contribution in [0.15, 0.2) is 29.6 Å². The van der Waals surface area contributed by atoms with E-state index in [1.807, 2.05) is 0 Å². The summed E-state index contributed by atoms with van der Waals surface area (Å²) in [7, 11) is 0. The van der Waals surface area contributed by atoms with E-state index in [1.165, 1.54) is 18.2 Å². The van der Waals surface area contributed by atoms with Gasteiger partial charge in [-0.1, -0.05) is 11.3 Å². The number of nitrogens with zero attached hydrogens (tertiary/aromatic N) is 2. The van der Waals surface area contributed by atoms with Crippen molar-refractivity contribution in [1.29, 1.82) is 0 Å². The number of rotatable bonds is 5. The van der Waals surface area contributed by atoms with Crippen molar-refractivity contribution in [2.24, 2.45) is 0 Å². The summed E-state index contributed by atoms with van der Waals surface area (Å²) in [4.78, 5) is 20.3. The first-order valence-electron chi connectivity index (χ1n) is 5.40. The minimum atomic E-state index is -0.613. The van der Waals surface area contributed by atoms with E-state index in [9.17, 15) is 25.3 Å². The summed E-state index contributed by atoms with van der Waals surface area (Å²) in [5.41, 5.74) is 0.639. The van der Waals surface area contributed by atoms with Gasteiger partial charge in [0.1, 0.15) is 11.4 Å². The molecule has 9 heteroatoms. The second-order valence-electron chi connectivity index (χ2n) is 3.86. The molecule has 1 heterocycles. The van der Waals surface area contributed by atoms with Crippen molar-refractivity contribution in [3.05, 3.63) is 55.4 Å². The highest BCUT2D eigenvalue weighted by Gasteiger charge is 2.15. The maximum atomic E-state index is 10.8. The number of benzene rings is 1. The van der Waals surface area contributed by atoms with Crippen LogP contribution in [0, 0.1) is 20.2 Å². The average molecular weight is 295 g/mol. The molecule has 2 N–H and O–H groups in total. The number of aromatic hydroxyl groups is 1. The second-order valence-corrected chi connectivity index (χ2v) is 4.75. The SMILES string of the molecule is O=[N+]([O-])c1cc(CNc2ccc(O)cc2[N+](=O)[O-])cs1. The fraction of sp³-hybridized carbons (Fsp3) is 0.0909. The largest absolute Gasteiger partial charge is 0.508 e. The van der Waals surface area contributed by atoms with Gasteiger partial charge in [0.25, 0.3) is 5.69 Å². The number of nitrogens with one attached hydrogen (secondary N) is 1. The zero-order chi connectivity index (χ0) is 14.7. The Morgan fingerprint density at radius 3 is 2.55 bits per heavy atom. The predicted octanol–water partition coefficient (Wildman–Crippen LogP) is 2.88. The van der Waals surface area contributed by atoms with Gasteiger partial charge in [-0.2, -0.15) is 0 Å². The predicted molar refractivity (Wildman–Crippen MR) is 73.1 cm³/mol. The molecule has 2 aromatic rings. The van der Waals surface area contributed by atoms with Crippen molar-refractivity contribution in [2.75, 3.05) is 5.32 Å². The van der Waals surface area contributed by atoms with E-state index >= 15 is 0 Å². The van der Waals surface area contributed by atoms with Gasteiger partial charge in [-0.25, -0.2) is 0 Å². The van der Waals surface area contributed by atoms with Gasteiger partial charge >= 0.3 is 5.00 Å². The Labute approximate surface area is 116 Å². The lowest BCUT2D eigenvalue weighted by atomic mass is 10.2. The first-order chi connectivity index (χ1) is 9.47. The van der Waals surface area contributed by atoms with Crippen molar-refractivity contribution in [3.63, 3.8) is 0 Å². The van der Waals surface area contributed by atoms with E-state index in [-0.39, 0.29) is 28.7 Å². The Morgan fingerprint density at radius 2 is 1.95 bits per heavy atom. The molecule has 0 spiro atoms. The van der Waals surface area contributed by atoms with Gasteiger partial charge in [-0.15, -0.1) is 0 Å². The summed E-state index contributed by atoms with van der Waals surface area (Å²) in [5, 5.41) is 35.1. The Hall–Kier alpha value is -2.68. The summed E-state index contributed by atoms with van der Waals surface area (Å²) in [6, 6.07) is 5.15. The maximum Gasteiger partial charge on any atom is 0.324 e. The molecule has 104 valence electrons. The first kappa shape index (κ1) is 13.7. The Kier molecular flexibility index (Phi) is 3.80. The molecule has 1 aromatic carbocycles. The first-order valence-corrected chi connectivity index (χ1v) is 6.28. The zero-order valence-corrected chi connectivity index (χ0v) is 10.8. The highest BCUT2D eigenvalue weighted by molar-refractivity contribution is 7.13. The fourth-order valence-corrected chi connectivity index (χ4v) is 2.30. The van der Waals surface area contributed by atoms with Crippen LogP contribution in [0.3, 0.4) is 0 Å². The topological polar surface area (TPSA) is 119 Å². The van der Waals surface area contributed by atoms with Crippen molar-refractivity contribution in [3.8, 4) is 5.75 Å². The Bertz CT molecular complexity index is 670. The molecule has 0 amide bonds. The van der Waals surface area contributed by atoms with Gasteiger partial charge in [-0.3, -0.25) is 20.2 Å². The van der Waals surface area contributed by atoms with Crippen LogP contribution in [0.5, 0.6) is 5.75 Å². The molecule has 2 rings (SSSR count). The summed E-state index contributed by atoms with van der Waals surface area (Å²) < 4.78 is 0. The molecule has 8 nitrogen and oxygen atoms in total. The third-order valence-electron chi connectivity index (χ3n) is 2.48. The number of thiophene rings is 1. The fourth-order valence-electron chi connectivity index (χ4n) is 1.57. The number of nitro groups is 2. The number of phenolic OH excluding ortho intramolecular Hbond substituents is 1. The lowest BCUT2D eigenvalue weighted by Gasteiger charge is -2.05. The van der Waals surface area contributed by atoms with Crippen LogP contribution in [0.1, 0.15) is 5.56 Å². The van der Waals surface area contributed by atoms with Crippen LogP contribution in [0.25, 0.3) is 0 Å². The van der Waals surface area contributed by atoms with Crippen LogP contribution in [-0.2, 0) is 6.54 Å². The molecule has 1 aromatic heterocycles. The highest BCUT2D eigenvalue weighted by Crippen LogP contribution is 2.29. The number of hydrogen-bond acceptors (Lipinski definition) is 7. The normalized spacial score (nSPS) is 10.2. The van der Waals surface area contributed by atoms with E-state index in [0.717, 1.165) is 17.4 Å². The third-order valence-corrected chi connectivity index (χ3v) is 3.41. The Morgan fingerprint density at radius 1 is 1.20 bits per heavy atom. The molecular formula is C11H9N3O5S. The molecule has 0 fully saturated rings. The van der Waals surface area contributed by atoms with Crippen LogP contribution < -0.4 is 5.32 Å². The van der Waals surface area contributed by atoms with Gasteiger partial charge in [0.15, 0.2) is 0 Å². The minimum Gasteiger partial charge on any atom is -0.508 e. The molecule has 0 aliphatic heterocycles. The molecule has 0 atom stereocenters. The average Bonchev–Trinajstić information content (AvgIpc) is 2.86. The van der Waals surface area contributed by atoms with Crippen molar-refractivity contribution in [2.45, 2.75) is 6.54 Å². The van der Waals surface area contributed by atoms with Gasteiger partial charge in [0.05, 0.1) is 15.9 Å². The number of nitro benzene ring substituents is 1. The van der Waals surface area contributed by atoms with Crippen molar-refractivity contribution < 1.29 is 15.0 Å². The van der Waals surface area contributed by atoms with Crippen LogP contribution >= 0.6 is 11.3 Å². The monoisotopic (exact) mass is 295 g/mol. The standard InChI is InChI=1S/C11H9N3O5S/c15-8-1-2-9(10(4-8)13(16)17)12-5-7-3-11(14(18)19)20-6-7/h1-4,6,12,15H,5H2. The van der Waals surface area contributed by atoms with Crippen molar-refractivity contribution >= 4 is 27.7 Å². The molecule has 0 aliphatic carbocycles. The molecule has 0 aliphatic rings. The number of anilines is 1. The molecular weight excluding hydrogens is 286 g/mol. The number of hydrogen-bond donors (Lipinski definition) is 2. The lowest BCUT2D eigenvalue weighted by molar-refractivity contribution is -0.384. The summed E-state index contributed by atoms with van der Waals surface area (Å²) in [5.74, 6) is -0.201. The van der Waals surface area contributed by atoms with Crippen LogP contribution in [0.4, 0.5) is 16.4 Å². The van der Waals surface area contributed by atoms with Gasteiger partial charge in [0, 0.05) is 18.0 Å². The quantitative estimate of drug-likeness (QED) is 0.497. The summed E-state index contributed by atoms with van der Waals surface area (Å²) in [6.07, 6.45) is 0. The third kappa shape index (κ3) is 3.01. The van der Waals surface area contributed by atoms with E-state index in [0.29, 0.717) is 5.56 Å². The van der Waals surface area contributed by atoms with Gasteiger partial charge in [0.2, 0.25) is 0 Å². The van der Waals surface area contributed by atoms with Crippen LogP contribution in [-0.4, -0.2) is 15.0 Å². The Balaban J connectivity index is 2.14. The molecule has 0 bridgehead atoms. The zero-order valence-electron chi connectivity index (χ0n) is 9.98. The second kappa shape index (κ2) is 5.53. The molecule has 0 radical (unpaired) electrons. The van der Waals surface area contributed by atoms with Gasteiger partial charge in [-0.05, 0) is 17.7 Å². The summed E-state index contributed by atoms with van der Waals surface area (Å²) in [6.45, 7) is 0.218. The van der Waals surface area contributed by atoms with Crippen molar-refractivity contribution in [1.82, 2.24) is 0 Å². The van der Waals surface area contributed by atoms with E-state index in [4.69, 9.17) is 0 Å². The molecule has 20 heavy (non-hydrogen) atoms. The van der Waals surface area contributed by atoms with E-state index < -0.39 is 9.85 Å². The minimum absolute atomic E-state index is 0.0157. The molecule has 0 unspecified atom stereocenters. The van der Waals surface area contributed by atoms with Gasteiger partial charge < -0.3 is 10.4 Å².